The maximum Gasteiger partial charge on any atom is 0.416 e. The number of halogens is 3. The van der Waals surface area contributed by atoms with Gasteiger partial charge in [0.1, 0.15) is 24.3 Å². The first-order valence-corrected chi connectivity index (χ1v) is 11.6. The molecule has 12 heteroatoms. The van der Waals surface area contributed by atoms with Gasteiger partial charge in [0.05, 0.1) is 29.6 Å². The number of carbonyl (C=O) groups is 1. The lowest BCUT2D eigenvalue weighted by Gasteiger charge is -2.35. The minimum absolute atomic E-state index is 0.131. The van der Waals surface area contributed by atoms with Gasteiger partial charge in [0.25, 0.3) is 0 Å². The molecule has 0 radical (unpaired) electrons. The highest BCUT2D eigenvalue weighted by Crippen LogP contribution is 2.41. The van der Waals surface area contributed by atoms with E-state index in [2.05, 4.69) is 20.2 Å². The predicted molar refractivity (Wildman–Crippen MR) is 130 cm³/mol. The highest BCUT2D eigenvalue weighted by molar-refractivity contribution is 6.04. The zero-order chi connectivity index (χ0) is 26.2. The van der Waals surface area contributed by atoms with Crippen LogP contribution in [0.5, 0.6) is 5.75 Å². The molecule has 2 amide bonds. The van der Waals surface area contributed by atoms with Gasteiger partial charge in [-0.3, -0.25) is 10.2 Å². The number of carbonyl (C=O) groups excluding carboxylic acids is 1. The maximum atomic E-state index is 13.4. The molecule has 0 saturated carbocycles. The average molecular weight is 515 g/mol. The van der Waals surface area contributed by atoms with E-state index >= 15 is 0 Å². The number of aliphatic hydroxyl groups excluding tert-OH is 2. The zero-order valence-corrected chi connectivity index (χ0v) is 19.5. The quantitative estimate of drug-likeness (QED) is 0.461. The summed E-state index contributed by atoms with van der Waals surface area (Å²) in [6.07, 6.45) is -3.39. The van der Waals surface area contributed by atoms with E-state index in [1.165, 1.54) is 23.2 Å². The molecule has 4 heterocycles. The second kappa shape index (κ2) is 9.87. The van der Waals surface area contributed by atoms with Crippen molar-refractivity contribution in [1.29, 1.82) is 0 Å². The highest BCUT2D eigenvalue weighted by atomic mass is 19.4. The Morgan fingerprint density at radius 3 is 2.84 bits per heavy atom. The van der Waals surface area contributed by atoms with Crippen molar-refractivity contribution in [1.82, 2.24) is 9.97 Å². The summed E-state index contributed by atoms with van der Waals surface area (Å²) in [5.41, 5.74) is 0.564. The van der Waals surface area contributed by atoms with Gasteiger partial charge in [0.2, 0.25) is 0 Å². The second-order valence-corrected chi connectivity index (χ2v) is 8.83. The lowest BCUT2D eigenvalue weighted by Crippen LogP contribution is -2.48. The fourth-order valence-corrected chi connectivity index (χ4v) is 4.47. The van der Waals surface area contributed by atoms with Crippen LogP contribution in [0, 0.1) is 0 Å². The van der Waals surface area contributed by atoms with Crippen molar-refractivity contribution in [3.63, 3.8) is 0 Å². The lowest BCUT2D eigenvalue weighted by molar-refractivity contribution is -0.137. The number of hydrogen-bond donors (Lipinski definition) is 3. The van der Waals surface area contributed by atoms with E-state index in [1.54, 1.807) is 24.3 Å². The van der Waals surface area contributed by atoms with Gasteiger partial charge in [-0.15, -0.1) is 0 Å². The minimum Gasteiger partial charge on any atom is -0.491 e. The standard InChI is InChI=1S/C25H24F3N5O4/c26-25(27,28)16-3-1-2-15(10-16)20-4-5-21-23(30-20)33(17-7-9-32(21)12-17)24(36)31-22-11-19(6-8-29-22)37-14-18(35)13-34/h1-6,8,10-11,17-18,34-35H,7,9,12-14H2,(H,29,31,36)/t17-,18-/m1/s1. The van der Waals surface area contributed by atoms with Gasteiger partial charge >= 0.3 is 12.2 Å². The zero-order valence-electron chi connectivity index (χ0n) is 19.5. The van der Waals surface area contributed by atoms with Crippen LogP contribution in [0.2, 0.25) is 0 Å². The first-order chi connectivity index (χ1) is 17.7. The lowest BCUT2D eigenvalue weighted by atomic mass is 10.1. The van der Waals surface area contributed by atoms with E-state index in [9.17, 15) is 23.1 Å². The van der Waals surface area contributed by atoms with Crippen molar-refractivity contribution in [3.05, 3.63) is 60.3 Å². The second-order valence-electron chi connectivity index (χ2n) is 8.83. The molecule has 2 aliphatic heterocycles. The van der Waals surface area contributed by atoms with E-state index in [4.69, 9.17) is 9.84 Å². The van der Waals surface area contributed by atoms with Gasteiger partial charge < -0.3 is 19.8 Å². The van der Waals surface area contributed by atoms with Crippen molar-refractivity contribution in [2.45, 2.75) is 24.7 Å². The molecule has 0 spiro atoms. The summed E-state index contributed by atoms with van der Waals surface area (Å²) in [6, 6.07) is 10.7. The molecule has 3 N–H and O–H groups in total. The smallest absolute Gasteiger partial charge is 0.416 e. The van der Waals surface area contributed by atoms with Gasteiger partial charge in [-0.05, 0) is 36.8 Å². The third-order valence-corrected chi connectivity index (χ3v) is 6.28. The SMILES string of the molecule is O=C(Nc1cc(OC[C@H](O)CO)ccn1)N1c2nc(-c3cccc(C(F)(F)F)c3)ccc2N2CC[C@@H]1C2. The molecule has 1 aromatic carbocycles. The van der Waals surface area contributed by atoms with Crippen LogP contribution in [0.15, 0.2) is 54.7 Å². The molecule has 5 rings (SSSR count). The van der Waals surface area contributed by atoms with Gasteiger partial charge in [0.15, 0.2) is 5.82 Å². The number of nitrogens with one attached hydrogen (secondary N) is 1. The number of benzene rings is 1. The summed E-state index contributed by atoms with van der Waals surface area (Å²) >= 11 is 0. The molecule has 37 heavy (non-hydrogen) atoms. The maximum absolute atomic E-state index is 13.4. The van der Waals surface area contributed by atoms with Gasteiger partial charge in [0, 0.05) is 30.9 Å². The summed E-state index contributed by atoms with van der Waals surface area (Å²) in [4.78, 5) is 25.8. The fourth-order valence-electron chi connectivity index (χ4n) is 4.47. The number of pyridine rings is 2. The van der Waals surface area contributed by atoms with E-state index < -0.39 is 30.5 Å². The van der Waals surface area contributed by atoms with Crippen molar-refractivity contribution >= 4 is 23.4 Å². The van der Waals surface area contributed by atoms with Gasteiger partial charge in [-0.1, -0.05) is 12.1 Å². The summed E-state index contributed by atoms with van der Waals surface area (Å²) in [7, 11) is 0. The number of nitrogens with zero attached hydrogens (tertiary/aromatic N) is 4. The normalized spacial score (nSPS) is 17.4. The largest absolute Gasteiger partial charge is 0.491 e. The third-order valence-electron chi connectivity index (χ3n) is 6.28. The van der Waals surface area contributed by atoms with Crippen LogP contribution in [0.4, 0.5) is 35.3 Å². The summed E-state index contributed by atoms with van der Waals surface area (Å²) in [5.74, 6) is 0.908. The monoisotopic (exact) mass is 515 g/mol. The number of hydrogen-bond acceptors (Lipinski definition) is 7. The fraction of sp³-hybridized carbons (Fsp3) is 0.320. The average Bonchev–Trinajstić information content (AvgIpc) is 3.31. The molecule has 1 saturated heterocycles. The molecule has 0 unspecified atom stereocenters. The predicted octanol–water partition coefficient (Wildman–Crippen LogP) is 3.53. The summed E-state index contributed by atoms with van der Waals surface area (Å²) < 4.78 is 45.2. The molecule has 1 fully saturated rings. The van der Waals surface area contributed by atoms with Crippen LogP contribution in [0.25, 0.3) is 11.3 Å². The number of urea groups is 1. The number of ether oxygens (including phenoxy) is 1. The Bertz CT molecular complexity index is 1310. The Balaban J connectivity index is 1.42. The summed E-state index contributed by atoms with van der Waals surface area (Å²) in [5, 5.41) is 21.2. The molecule has 2 aliphatic rings. The number of anilines is 3. The highest BCUT2D eigenvalue weighted by Gasteiger charge is 2.40. The molecule has 0 aliphatic carbocycles. The van der Waals surface area contributed by atoms with E-state index in [-0.39, 0.29) is 18.5 Å². The van der Waals surface area contributed by atoms with E-state index in [1.807, 2.05) is 0 Å². The topological polar surface area (TPSA) is 111 Å². The third kappa shape index (κ3) is 5.16. The first kappa shape index (κ1) is 24.8. The first-order valence-electron chi connectivity index (χ1n) is 11.6. The molecule has 2 bridgehead atoms. The van der Waals surface area contributed by atoms with Crippen LogP contribution >= 0.6 is 0 Å². The molecule has 9 nitrogen and oxygen atoms in total. The molecule has 2 atom stereocenters. The Kier molecular flexibility index (Phi) is 6.61. The molecule has 194 valence electrons. The van der Waals surface area contributed by atoms with Crippen molar-refractivity contribution in [2.24, 2.45) is 0 Å². The number of alkyl halides is 3. The van der Waals surface area contributed by atoms with Crippen LogP contribution in [-0.2, 0) is 6.18 Å². The number of aromatic nitrogens is 2. The van der Waals surface area contributed by atoms with Gasteiger partial charge in [-0.25, -0.2) is 14.8 Å². The molecular weight excluding hydrogens is 491 g/mol. The number of rotatable bonds is 6. The summed E-state index contributed by atoms with van der Waals surface area (Å²) in [6.45, 7) is 0.756. The van der Waals surface area contributed by atoms with E-state index in [0.29, 0.717) is 35.8 Å². The number of amides is 2. The Labute approximate surface area is 210 Å². The number of fused-ring (bicyclic) bond motifs is 4. The Morgan fingerprint density at radius 1 is 1.22 bits per heavy atom. The number of aliphatic hydroxyl groups is 2. The van der Waals surface area contributed by atoms with E-state index in [0.717, 1.165) is 24.4 Å². The van der Waals surface area contributed by atoms with Crippen molar-refractivity contribution in [2.75, 3.05) is 41.4 Å². The minimum atomic E-state index is -4.48. The Hall–Kier alpha value is -3.90. The molecule has 3 aromatic rings. The van der Waals surface area contributed by atoms with Crippen LogP contribution in [0.1, 0.15) is 12.0 Å². The van der Waals surface area contributed by atoms with Crippen molar-refractivity contribution in [3.8, 4) is 17.0 Å². The van der Waals surface area contributed by atoms with Gasteiger partial charge in [-0.2, -0.15) is 13.2 Å². The van der Waals surface area contributed by atoms with Crippen LogP contribution in [0.3, 0.4) is 0 Å². The molecular formula is C25H24F3N5O4. The van der Waals surface area contributed by atoms with Crippen LogP contribution < -0.4 is 19.9 Å². The van der Waals surface area contributed by atoms with Crippen LogP contribution in [-0.4, -0.2) is 64.7 Å². The molecule has 2 aromatic heterocycles. The Morgan fingerprint density at radius 2 is 2.05 bits per heavy atom. The van der Waals surface area contributed by atoms with Crippen molar-refractivity contribution < 1.29 is 32.9 Å².